The van der Waals surface area contributed by atoms with Crippen LogP contribution in [-0.4, -0.2) is 12.6 Å². The number of hydrogen-bond acceptors (Lipinski definition) is 2. The molecule has 0 amide bonds. The number of ether oxygens (including phenoxy) is 1. The average molecular weight is 216 g/mol. The molecule has 2 heteroatoms. The van der Waals surface area contributed by atoms with Gasteiger partial charge in [-0.3, -0.25) is 4.79 Å². The first-order valence-electron chi connectivity index (χ1n) is 5.74. The zero-order valence-electron chi connectivity index (χ0n) is 9.91. The Morgan fingerprint density at radius 3 is 3.00 bits per heavy atom. The molecule has 0 N–H and O–H groups in total. The number of hydrogen-bond donors (Lipinski definition) is 0. The van der Waals surface area contributed by atoms with Gasteiger partial charge in [0.15, 0.2) is 0 Å². The van der Waals surface area contributed by atoms with Crippen LogP contribution in [0, 0.1) is 16.7 Å². The van der Waals surface area contributed by atoms with E-state index in [2.05, 4.69) is 31.2 Å². The van der Waals surface area contributed by atoms with Gasteiger partial charge in [-0.15, -0.1) is 0 Å². The molecule has 0 aromatic heterocycles. The minimum Gasteiger partial charge on any atom is -0.464 e. The van der Waals surface area contributed by atoms with E-state index in [4.69, 9.17) is 4.74 Å². The third-order valence-electron chi connectivity index (χ3n) is 4.10. The van der Waals surface area contributed by atoms with Crippen LogP contribution in [0.15, 0.2) is 35.5 Å². The van der Waals surface area contributed by atoms with Crippen molar-refractivity contribution in [2.75, 3.05) is 6.61 Å². The molecule has 0 unspecified atom stereocenters. The topological polar surface area (TPSA) is 26.3 Å². The Balaban J connectivity index is 2.13. The number of esters is 1. The van der Waals surface area contributed by atoms with Crippen molar-refractivity contribution in [3.63, 3.8) is 0 Å². The summed E-state index contributed by atoms with van der Waals surface area (Å²) in [6.45, 7) is 6.71. The zero-order chi connectivity index (χ0) is 11.6. The zero-order valence-corrected chi connectivity index (χ0v) is 9.91. The molecule has 1 saturated carbocycles. The Kier molecular flexibility index (Phi) is 1.65. The van der Waals surface area contributed by atoms with Crippen LogP contribution >= 0.6 is 0 Å². The summed E-state index contributed by atoms with van der Waals surface area (Å²) >= 11 is 0. The summed E-state index contributed by atoms with van der Waals surface area (Å²) in [7, 11) is 0. The Morgan fingerprint density at radius 2 is 2.31 bits per heavy atom. The van der Waals surface area contributed by atoms with Crippen LogP contribution in [0.2, 0.25) is 0 Å². The van der Waals surface area contributed by atoms with Gasteiger partial charge in [-0.05, 0) is 20.8 Å². The van der Waals surface area contributed by atoms with Crippen molar-refractivity contribution in [3.8, 4) is 0 Å². The summed E-state index contributed by atoms with van der Waals surface area (Å²) in [6.07, 6.45) is 8.61. The number of rotatable bonds is 1. The highest BCUT2D eigenvalue weighted by Gasteiger charge is 2.82. The predicted molar refractivity (Wildman–Crippen MR) is 61.6 cm³/mol. The van der Waals surface area contributed by atoms with Gasteiger partial charge in [0.25, 0.3) is 0 Å². The molecule has 84 valence electrons. The average Bonchev–Trinajstić information content (AvgIpc) is 2.66. The quantitative estimate of drug-likeness (QED) is 0.497. The second-order valence-corrected chi connectivity index (χ2v) is 5.43. The maximum Gasteiger partial charge on any atom is 0.317 e. The van der Waals surface area contributed by atoms with Crippen molar-refractivity contribution in [3.05, 3.63) is 35.5 Å². The van der Waals surface area contributed by atoms with Crippen molar-refractivity contribution in [1.29, 1.82) is 0 Å². The summed E-state index contributed by atoms with van der Waals surface area (Å²) in [5.74, 6) is 0.274. The summed E-state index contributed by atoms with van der Waals surface area (Å²) in [5.41, 5.74) is 1.98. The Hall–Kier alpha value is -1.31. The molecule has 1 heterocycles. The lowest BCUT2D eigenvalue weighted by Crippen LogP contribution is -2.15. The van der Waals surface area contributed by atoms with Gasteiger partial charge in [0.1, 0.15) is 12.0 Å². The van der Waals surface area contributed by atoms with Gasteiger partial charge in [-0.25, -0.2) is 0 Å². The van der Waals surface area contributed by atoms with Gasteiger partial charge >= 0.3 is 5.97 Å². The van der Waals surface area contributed by atoms with E-state index in [1.165, 1.54) is 11.1 Å². The van der Waals surface area contributed by atoms with Crippen LogP contribution < -0.4 is 0 Å². The monoisotopic (exact) mass is 216 g/mol. The fraction of sp³-hybridized carbons (Fsp3) is 0.500. The molecule has 2 aliphatic carbocycles. The van der Waals surface area contributed by atoms with E-state index >= 15 is 0 Å². The van der Waals surface area contributed by atoms with Gasteiger partial charge in [0, 0.05) is 5.92 Å². The van der Waals surface area contributed by atoms with Crippen LogP contribution in [0.3, 0.4) is 0 Å². The molecule has 0 bridgehead atoms. The van der Waals surface area contributed by atoms with Crippen molar-refractivity contribution in [1.82, 2.24) is 0 Å². The van der Waals surface area contributed by atoms with Gasteiger partial charge in [0.2, 0.25) is 0 Å². The standard InChI is InChI=1S/C14H16O2/c1-9(2)7-14-11-6-10(3)4-5-13(11,14)8-16-12(14)15/h4-7,11H,8H2,1-3H3/t11-,13-,14-/m1/s1. The SMILES string of the molecule is CC(C)=C[C@@]12C(=O)OC[C@@]13C=CC(C)=C[C@@H]23. The van der Waals surface area contributed by atoms with E-state index in [0.717, 1.165) is 0 Å². The molecule has 1 saturated heterocycles. The highest BCUT2D eigenvalue weighted by molar-refractivity contribution is 5.90. The van der Waals surface area contributed by atoms with E-state index in [0.29, 0.717) is 12.5 Å². The van der Waals surface area contributed by atoms with Crippen molar-refractivity contribution in [2.45, 2.75) is 20.8 Å². The maximum absolute atomic E-state index is 12.0. The molecule has 2 nitrogen and oxygen atoms in total. The van der Waals surface area contributed by atoms with Gasteiger partial charge in [-0.1, -0.05) is 35.5 Å². The predicted octanol–water partition coefficient (Wildman–Crippen LogP) is 2.63. The smallest absolute Gasteiger partial charge is 0.317 e. The van der Waals surface area contributed by atoms with Crippen molar-refractivity contribution >= 4 is 5.97 Å². The Bertz CT molecular complexity index is 465. The molecule has 0 aromatic carbocycles. The molecule has 2 fully saturated rings. The molecular weight excluding hydrogens is 200 g/mol. The molecule has 3 aliphatic rings. The van der Waals surface area contributed by atoms with Gasteiger partial charge in [-0.2, -0.15) is 0 Å². The van der Waals surface area contributed by atoms with Crippen LogP contribution in [0.1, 0.15) is 20.8 Å². The second kappa shape index (κ2) is 2.68. The number of cyclic esters (lactones) is 1. The third kappa shape index (κ3) is 0.868. The highest BCUT2D eigenvalue weighted by atomic mass is 16.5. The second-order valence-electron chi connectivity index (χ2n) is 5.43. The first-order chi connectivity index (χ1) is 7.53. The van der Waals surface area contributed by atoms with Crippen LogP contribution in [0.5, 0.6) is 0 Å². The highest BCUT2D eigenvalue weighted by Crippen LogP contribution is 2.76. The lowest BCUT2D eigenvalue weighted by atomic mass is 9.92. The molecular formula is C14H16O2. The molecule has 1 aliphatic heterocycles. The largest absolute Gasteiger partial charge is 0.464 e. The Labute approximate surface area is 95.7 Å². The Morgan fingerprint density at radius 1 is 1.56 bits per heavy atom. The summed E-state index contributed by atoms with van der Waals surface area (Å²) in [4.78, 5) is 12.0. The van der Waals surface area contributed by atoms with Crippen molar-refractivity contribution in [2.24, 2.45) is 16.7 Å². The minimum absolute atomic E-state index is 0.0469. The number of allylic oxidation sites excluding steroid dienone is 4. The van der Waals surface area contributed by atoms with E-state index < -0.39 is 0 Å². The normalized spacial score (nSPS) is 43.1. The van der Waals surface area contributed by atoms with E-state index in [9.17, 15) is 4.79 Å². The van der Waals surface area contributed by atoms with Crippen LogP contribution in [0.4, 0.5) is 0 Å². The van der Waals surface area contributed by atoms with Crippen LogP contribution in [0.25, 0.3) is 0 Å². The summed E-state index contributed by atoms with van der Waals surface area (Å²) in [5, 5.41) is 0. The van der Waals surface area contributed by atoms with E-state index in [1.54, 1.807) is 0 Å². The fourth-order valence-corrected chi connectivity index (χ4v) is 3.35. The van der Waals surface area contributed by atoms with E-state index in [1.807, 2.05) is 13.8 Å². The van der Waals surface area contributed by atoms with Crippen molar-refractivity contribution < 1.29 is 9.53 Å². The molecule has 3 rings (SSSR count). The molecule has 1 spiro atoms. The molecule has 16 heavy (non-hydrogen) atoms. The van der Waals surface area contributed by atoms with Gasteiger partial charge in [0.05, 0.1) is 5.41 Å². The summed E-state index contributed by atoms with van der Waals surface area (Å²) < 4.78 is 5.25. The lowest BCUT2D eigenvalue weighted by Gasteiger charge is -2.11. The molecule has 0 radical (unpaired) electrons. The van der Waals surface area contributed by atoms with E-state index in [-0.39, 0.29) is 16.8 Å². The first-order valence-corrected chi connectivity index (χ1v) is 5.74. The lowest BCUT2D eigenvalue weighted by molar-refractivity contribution is -0.144. The van der Waals surface area contributed by atoms with Gasteiger partial charge < -0.3 is 4.74 Å². The number of fused-ring (bicyclic) bond motifs is 1. The number of carbonyl (C=O) groups is 1. The molecule has 0 aromatic rings. The minimum atomic E-state index is -0.389. The first kappa shape index (κ1) is 9.88. The molecule has 3 atom stereocenters. The maximum atomic E-state index is 12.0. The third-order valence-corrected chi connectivity index (χ3v) is 4.10. The fourth-order valence-electron chi connectivity index (χ4n) is 3.35. The number of carbonyl (C=O) groups excluding carboxylic acids is 1. The summed E-state index contributed by atoms with van der Waals surface area (Å²) in [6, 6.07) is 0. The van der Waals surface area contributed by atoms with Crippen LogP contribution in [-0.2, 0) is 9.53 Å².